The molecule has 0 bridgehead atoms. The molecule has 4 heteroatoms. The average Bonchev–Trinajstić information content (AvgIpc) is 2.66. The van der Waals surface area contributed by atoms with E-state index >= 15 is 0 Å². The number of piperazine rings is 1. The molecule has 1 aromatic rings. The van der Waals surface area contributed by atoms with E-state index in [4.69, 9.17) is 9.47 Å². The van der Waals surface area contributed by atoms with Crippen molar-refractivity contribution in [2.75, 3.05) is 46.9 Å². The number of rotatable bonds is 1. The highest BCUT2D eigenvalue weighted by atomic mass is 16.5. The monoisotopic (exact) mass is 262 g/mol. The molecule has 2 aliphatic rings. The maximum atomic E-state index is 5.78. The second-order valence-corrected chi connectivity index (χ2v) is 5.52. The lowest BCUT2D eigenvalue weighted by Gasteiger charge is -2.38. The summed E-state index contributed by atoms with van der Waals surface area (Å²) < 4.78 is 11.5. The normalized spacial score (nSPS) is 25.1. The van der Waals surface area contributed by atoms with Crippen molar-refractivity contribution in [2.24, 2.45) is 0 Å². The van der Waals surface area contributed by atoms with Crippen LogP contribution < -0.4 is 9.47 Å². The zero-order valence-corrected chi connectivity index (χ0v) is 11.8. The van der Waals surface area contributed by atoms with E-state index in [1.807, 2.05) is 0 Å². The standard InChI is InChI=1S/C15H22N2O2/c1-16-6-7-17(2)13(11-16)12-4-5-14-15(10-12)19-9-3-8-18-14/h4-5,10,13H,3,6-9,11H2,1-2H3. The van der Waals surface area contributed by atoms with E-state index in [0.717, 1.165) is 50.8 Å². The van der Waals surface area contributed by atoms with Gasteiger partial charge in [0, 0.05) is 32.1 Å². The summed E-state index contributed by atoms with van der Waals surface area (Å²) in [5.41, 5.74) is 1.32. The summed E-state index contributed by atoms with van der Waals surface area (Å²) >= 11 is 0. The molecule has 1 atom stereocenters. The number of ether oxygens (including phenoxy) is 2. The van der Waals surface area contributed by atoms with E-state index in [-0.39, 0.29) is 0 Å². The molecule has 1 saturated heterocycles. The van der Waals surface area contributed by atoms with Gasteiger partial charge in [-0.15, -0.1) is 0 Å². The Morgan fingerprint density at radius 3 is 2.68 bits per heavy atom. The first kappa shape index (κ1) is 12.8. The number of likely N-dealkylation sites (N-methyl/N-ethyl adjacent to an activating group) is 2. The minimum absolute atomic E-state index is 0.441. The molecule has 1 aromatic carbocycles. The molecule has 0 amide bonds. The van der Waals surface area contributed by atoms with Crippen LogP contribution in [0.5, 0.6) is 11.5 Å². The van der Waals surface area contributed by atoms with Gasteiger partial charge in [0.05, 0.1) is 13.2 Å². The Bertz CT molecular complexity index is 450. The lowest BCUT2D eigenvalue weighted by molar-refractivity contribution is 0.115. The number of nitrogens with zero attached hydrogens (tertiary/aromatic N) is 2. The van der Waals surface area contributed by atoms with E-state index in [0.29, 0.717) is 6.04 Å². The Kier molecular flexibility index (Phi) is 3.62. The molecule has 2 aliphatic heterocycles. The Balaban J connectivity index is 1.86. The van der Waals surface area contributed by atoms with Crippen molar-refractivity contribution in [3.8, 4) is 11.5 Å². The van der Waals surface area contributed by atoms with E-state index in [1.165, 1.54) is 5.56 Å². The minimum Gasteiger partial charge on any atom is -0.490 e. The Morgan fingerprint density at radius 2 is 1.84 bits per heavy atom. The van der Waals surface area contributed by atoms with Crippen molar-refractivity contribution < 1.29 is 9.47 Å². The van der Waals surface area contributed by atoms with Gasteiger partial charge < -0.3 is 14.4 Å². The van der Waals surface area contributed by atoms with Gasteiger partial charge in [-0.25, -0.2) is 0 Å². The van der Waals surface area contributed by atoms with Crippen LogP contribution in [0.2, 0.25) is 0 Å². The largest absolute Gasteiger partial charge is 0.490 e. The Hall–Kier alpha value is -1.26. The maximum absolute atomic E-state index is 5.78. The zero-order chi connectivity index (χ0) is 13.2. The zero-order valence-electron chi connectivity index (χ0n) is 11.8. The smallest absolute Gasteiger partial charge is 0.161 e. The summed E-state index contributed by atoms with van der Waals surface area (Å²) in [7, 11) is 4.38. The fourth-order valence-corrected chi connectivity index (χ4v) is 2.76. The van der Waals surface area contributed by atoms with Crippen molar-refractivity contribution >= 4 is 0 Å². The van der Waals surface area contributed by atoms with Gasteiger partial charge >= 0.3 is 0 Å². The van der Waals surface area contributed by atoms with E-state index in [2.05, 4.69) is 42.1 Å². The third-order valence-electron chi connectivity index (χ3n) is 4.01. The first-order chi connectivity index (χ1) is 9.24. The molecule has 19 heavy (non-hydrogen) atoms. The number of benzene rings is 1. The van der Waals surface area contributed by atoms with Crippen molar-refractivity contribution in [1.82, 2.24) is 9.80 Å². The van der Waals surface area contributed by atoms with Crippen molar-refractivity contribution in [1.29, 1.82) is 0 Å². The van der Waals surface area contributed by atoms with Gasteiger partial charge in [0.25, 0.3) is 0 Å². The Labute approximate surface area is 114 Å². The lowest BCUT2D eigenvalue weighted by Crippen LogP contribution is -2.44. The van der Waals surface area contributed by atoms with E-state index < -0.39 is 0 Å². The fraction of sp³-hybridized carbons (Fsp3) is 0.600. The van der Waals surface area contributed by atoms with Gasteiger partial charge in [0.2, 0.25) is 0 Å². The SMILES string of the molecule is CN1CCN(C)C(c2ccc3c(c2)OCCCO3)C1. The van der Waals surface area contributed by atoms with Crippen LogP contribution in [-0.2, 0) is 0 Å². The van der Waals surface area contributed by atoms with Crippen LogP contribution in [0.1, 0.15) is 18.0 Å². The van der Waals surface area contributed by atoms with Crippen molar-refractivity contribution in [3.05, 3.63) is 23.8 Å². The van der Waals surface area contributed by atoms with Crippen molar-refractivity contribution in [2.45, 2.75) is 12.5 Å². The maximum Gasteiger partial charge on any atom is 0.161 e. The summed E-state index contributed by atoms with van der Waals surface area (Å²) in [6.07, 6.45) is 0.954. The molecule has 0 aromatic heterocycles. The van der Waals surface area contributed by atoms with Crippen LogP contribution in [0.4, 0.5) is 0 Å². The second-order valence-electron chi connectivity index (χ2n) is 5.52. The molecule has 0 radical (unpaired) electrons. The predicted octanol–water partition coefficient (Wildman–Crippen LogP) is 1.77. The van der Waals surface area contributed by atoms with Crippen LogP contribution in [0.15, 0.2) is 18.2 Å². The van der Waals surface area contributed by atoms with Crippen LogP contribution in [0.25, 0.3) is 0 Å². The summed E-state index contributed by atoms with van der Waals surface area (Å²) in [4.78, 5) is 4.80. The molecule has 3 rings (SSSR count). The molecule has 0 N–H and O–H groups in total. The number of hydrogen-bond acceptors (Lipinski definition) is 4. The second kappa shape index (κ2) is 5.39. The minimum atomic E-state index is 0.441. The third-order valence-corrected chi connectivity index (χ3v) is 4.01. The molecule has 4 nitrogen and oxygen atoms in total. The summed E-state index contributed by atoms with van der Waals surface area (Å²) in [6.45, 7) is 4.80. The highest BCUT2D eigenvalue weighted by Crippen LogP contribution is 2.34. The molecule has 1 fully saturated rings. The summed E-state index contributed by atoms with van der Waals surface area (Å²) in [5.74, 6) is 1.78. The molecule has 0 aliphatic carbocycles. The van der Waals surface area contributed by atoms with Crippen LogP contribution in [-0.4, -0.2) is 56.7 Å². The van der Waals surface area contributed by atoms with Gasteiger partial charge in [-0.05, 0) is 31.8 Å². The van der Waals surface area contributed by atoms with Gasteiger partial charge in [-0.2, -0.15) is 0 Å². The molecule has 104 valence electrons. The highest BCUT2D eigenvalue weighted by Gasteiger charge is 2.24. The summed E-state index contributed by atoms with van der Waals surface area (Å²) in [5, 5.41) is 0. The Morgan fingerprint density at radius 1 is 1.05 bits per heavy atom. The molecule has 0 spiro atoms. The molecular weight excluding hydrogens is 240 g/mol. The lowest BCUT2D eigenvalue weighted by atomic mass is 10.0. The fourth-order valence-electron chi connectivity index (χ4n) is 2.76. The van der Waals surface area contributed by atoms with Gasteiger partial charge in [-0.3, -0.25) is 4.90 Å². The predicted molar refractivity (Wildman–Crippen MR) is 74.9 cm³/mol. The van der Waals surface area contributed by atoms with Crippen LogP contribution in [0, 0.1) is 0 Å². The third kappa shape index (κ3) is 2.69. The quantitative estimate of drug-likeness (QED) is 0.770. The van der Waals surface area contributed by atoms with E-state index in [1.54, 1.807) is 0 Å². The highest BCUT2D eigenvalue weighted by molar-refractivity contribution is 5.44. The topological polar surface area (TPSA) is 24.9 Å². The van der Waals surface area contributed by atoms with E-state index in [9.17, 15) is 0 Å². The van der Waals surface area contributed by atoms with Crippen LogP contribution >= 0.6 is 0 Å². The van der Waals surface area contributed by atoms with Crippen LogP contribution in [0.3, 0.4) is 0 Å². The summed E-state index contributed by atoms with van der Waals surface area (Å²) in [6, 6.07) is 6.82. The first-order valence-electron chi connectivity index (χ1n) is 7.02. The number of fused-ring (bicyclic) bond motifs is 1. The molecule has 0 saturated carbocycles. The van der Waals surface area contributed by atoms with Gasteiger partial charge in [0.1, 0.15) is 0 Å². The van der Waals surface area contributed by atoms with Crippen molar-refractivity contribution in [3.63, 3.8) is 0 Å². The number of hydrogen-bond donors (Lipinski definition) is 0. The average molecular weight is 262 g/mol. The molecule has 1 unspecified atom stereocenters. The van der Waals surface area contributed by atoms with Gasteiger partial charge in [0.15, 0.2) is 11.5 Å². The molecule has 2 heterocycles. The molecular formula is C15H22N2O2. The van der Waals surface area contributed by atoms with Gasteiger partial charge in [-0.1, -0.05) is 6.07 Å². The first-order valence-corrected chi connectivity index (χ1v) is 7.02.